The van der Waals surface area contributed by atoms with Crippen LogP contribution in [-0.2, 0) is 0 Å². The van der Waals surface area contributed by atoms with Crippen LogP contribution in [0.5, 0.6) is 23.0 Å². The summed E-state index contributed by atoms with van der Waals surface area (Å²) in [6.07, 6.45) is 4.68. The molecule has 0 saturated carbocycles. The number of ether oxygens (including phenoxy) is 2. The number of benzene rings is 8. The standard InChI is InChI=1S/2C15H15N3O3.2C15H12O2.4CH4O.2Yb/c2*1-21-13-8-4-5-10(14(13)19)9-17-18-15(20)11-6-2-3-7-12(11)16;2*16-14(12-7-3-1-4-8-12)11-15(17)13-9-5-2-6-10-13;4*1-2;;/h2*2-9,19H,16H2,1H3,(H,18,20);2*1-11,16H;4*2H,1H3;;/q;;;;;;;;2*+3/p-6/b2*17-9+;2*14-11-;;;;;;. The third-order valence-corrected chi connectivity index (χ3v) is 10.3. The number of aliphatic hydroxyl groups excluding tert-OH is 4. The van der Waals surface area contributed by atoms with Crippen LogP contribution in [0.15, 0.2) is 239 Å². The molecule has 20 nitrogen and oxygen atoms in total. The van der Waals surface area contributed by atoms with Gasteiger partial charge in [-0.25, -0.2) is 0 Å². The first kappa shape index (κ1) is 80.2. The molecule has 0 saturated heterocycles. The quantitative estimate of drug-likeness (QED) is 0.0171. The van der Waals surface area contributed by atoms with E-state index in [1.54, 1.807) is 182 Å². The molecule has 8 rings (SSSR count). The summed E-state index contributed by atoms with van der Waals surface area (Å²) in [5.74, 6) is -2.41. The van der Waals surface area contributed by atoms with Gasteiger partial charge in [-0.05, 0) is 58.7 Å². The molecule has 8 aromatic carbocycles. The number of hydrogen-bond acceptors (Lipinski definition) is 20. The summed E-state index contributed by atoms with van der Waals surface area (Å²) in [4.78, 5) is 23.5. The van der Waals surface area contributed by atoms with Crippen LogP contribution >= 0.6 is 0 Å². The molecule has 0 unspecified atom stereocenters. The van der Waals surface area contributed by atoms with E-state index in [0.717, 1.165) is 40.6 Å². The van der Waals surface area contributed by atoms with E-state index >= 15 is 0 Å². The van der Waals surface area contributed by atoms with Crippen molar-refractivity contribution in [3.8, 4) is 23.0 Å². The fourth-order valence-electron chi connectivity index (χ4n) is 6.35. The second kappa shape index (κ2) is 48.4. The van der Waals surface area contributed by atoms with Crippen molar-refractivity contribution in [1.29, 1.82) is 0 Å². The Balaban J connectivity index is 0. The zero-order valence-electron chi connectivity index (χ0n) is 47.3. The molecule has 2 radical (unpaired) electrons. The summed E-state index contributed by atoms with van der Waals surface area (Å²) in [6, 6.07) is 57.7. The predicted octanol–water partition coefficient (Wildman–Crippen LogP) is 3.96. The number of hydrogen-bond donors (Lipinski definition) is 6. The molecule has 0 atom stereocenters. The van der Waals surface area contributed by atoms with Gasteiger partial charge < -0.3 is 72.0 Å². The van der Waals surface area contributed by atoms with Gasteiger partial charge in [-0.3, -0.25) is 9.59 Å². The number of allylic oxidation sites excluding steroid dienone is 2. The van der Waals surface area contributed by atoms with Crippen molar-refractivity contribution in [3.05, 3.63) is 263 Å². The van der Waals surface area contributed by atoms with Gasteiger partial charge in [0.25, 0.3) is 0 Å². The molecule has 0 aliphatic rings. The maximum atomic E-state index is 11.8. The largest absolute Gasteiger partial charge is 3.00 e. The maximum Gasteiger partial charge on any atom is 3.00 e. The number of ketones is 2. The van der Waals surface area contributed by atoms with Gasteiger partial charge in [0.2, 0.25) is 0 Å². The number of nitrogens with zero attached hydrogens (tertiary/aromatic N) is 4. The number of aliphatic hydroxyl groups is 4. The fourth-order valence-corrected chi connectivity index (χ4v) is 6.35. The number of nitrogens with two attached hydrogens (primary N) is 2. The molecule has 22 heteroatoms. The summed E-state index contributed by atoms with van der Waals surface area (Å²) in [6.45, 7) is 0. The predicted molar refractivity (Wildman–Crippen MR) is 318 cm³/mol. The Kier molecular flexibility index (Phi) is 45.1. The van der Waals surface area contributed by atoms with E-state index in [-0.39, 0.29) is 162 Å². The number of methoxy groups -OCH3 is 2. The van der Waals surface area contributed by atoms with Gasteiger partial charge in [-0.1, -0.05) is 205 Å². The van der Waals surface area contributed by atoms with E-state index < -0.39 is 11.8 Å². The average molecular weight is 1490 g/mol. The van der Waals surface area contributed by atoms with Crippen LogP contribution < -0.4 is 51.6 Å². The first-order valence-electron chi connectivity index (χ1n) is 24.6. The van der Waals surface area contributed by atoms with Crippen LogP contribution in [0.4, 0.5) is 11.4 Å². The molecule has 462 valence electrons. The van der Waals surface area contributed by atoms with Gasteiger partial charge in [0.1, 0.15) is 11.5 Å². The zero-order chi connectivity index (χ0) is 62.7. The molecule has 0 bridgehead atoms. The van der Waals surface area contributed by atoms with Crippen molar-refractivity contribution in [2.45, 2.75) is 0 Å². The Hall–Kier alpha value is -7.86. The van der Waals surface area contributed by atoms with E-state index in [1.807, 2.05) is 24.3 Å². The van der Waals surface area contributed by atoms with Gasteiger partial charge >= 0.3 is 93.8 Å². The zero-order valence-corrected chi connectivity index (χ0v) is 50.7. The molecule has 0 spiro atoms. The number of carbonyl (C=O) groups excluding carboxylic acids is 2. The Bertz CT molecular complexity index is 3150. The van der Waals surface area contributed by atoms with E-state index in [9.17, 15) is 40.2 Å². The van der Waals surface area contributed by atoms with Crippen molar-refractivity contribution in [1.82, 2.24) is 0 Å². The Morgan fingerprint density at radius 2 is 0.663 bits per heavy atom. The van der Waals surface area contributed by atoms with E-state index in [4.69, 9.17) is 41.4 Å². The molecular weight excluding hydrogens is 1420 g/mol. The Morgan fingerprint density at radius 1 is 0.395 bits per heavy atom. The smallest absolute Gasteiger partial charge is 0.872 e. The molecule has 8 N–H and O–H groups in total. The van der Waals surface area contributed by atoms with Crippen molar-refractivity contribution in [2.75, 3.05) is 54.1 Å². The summed E-state index contributed by atoms with van der Waals surface area (Å²) >= 11 is 0. The second-order valence-corrected chi connectivity index (χ2v) is 15.4. The van der Waals surface area contributed by atoms with Gasteiger partial charge in [0, 0.05) is 73.9 Å². The minimum Gasteiger partial charge on any atom is -0.872 e. The maximum absolute atomic E-state index is 11.8. The third-order valence-electron chi connectivity index (χ3n) is 10.3. The van der Waals surface area contributed by atoms with Crippen LogP contribution in [-0.4, -0.2) is 98.9 Å². The van der Waals surface area contributed by atoms with Gasteiger partial charge in [-0.2, -0.15) is 20.4 Å². The van der Waals surface area contributed by atoms with E-state index in [1.165, 1.54) is 26.6 Å². The summed E-state index contributed by atoms with van der Waals surface area (Å²) in [5.41, 5.74) is 15.2. The van der Waals surface area contributed by atoms with Crippen molar-refractivity contribution >= 4 is 58.7 Å². The molecule has 0 aliphatic carbocycles. The van der Waals surface area contributed by atoms with E-state index in [2.05, 4.69) is 20.4 Å². The molecule has 0 fully saturated rings. The van der Waals surface area contributed by atoms with Gasteiger partial charge in [0.05, 0.1) is 26.6 Å². The summed E-state index contributed by atoms with van der Waals surface area (Å²) in [7, 11) is 6.81. The van der Waals surface area contributed by atoms with Crippen molar-refractivity contribution < 1.29 is 164 Å². The second-order valence-electron chi connectivity index (χ2n) is 15.4. The van der Waals surface area contributed by atoms with Crippen LogP contribution in [0, 0.1) is 93.8 Å². The molecule has 0 amide bonds. The van der Waals surface area contributed by atoms with Crippen LogP contribution in [0.2, 0.25) is 0 Å². The SMILES string of the molecule is CO.CO.CO.CO.COc1cccc(/C=N/N=C(\[O-])c2ccccc2N)c1[O-].COc1cccc(/C=N/N=C(\[O-])c2ccccc2N)c1[O-].O=C(/C=C(\[O-])c1ccccc1)c1ccccc1.O=C(/C=C(\[O-])c1ccccc1)c1ccccc1.[Yb+3].[Yb+3]. The van der Waals surface area contributed by atoms with Crippen molar-refractivity contribution in [2.24, 2.45) is 20.4 Å². The van der Waals surface area contributed by atoms with Gasteiger partial charge in [0.15, 0.2) is 11.6 Å². The first-order valence-corrected chi connectivity index (χ1v) is 24.6. The van der Waals surface area contributed by atoms with Crippen LogP contribution in [0.3, 0.4) is 0 Å². The molecule has 86 heavy (non-hydrogen) atoms. The number of para-hydroxylation sites is 4. The monoisotopic (exact) mass is 1490 g/mol. The third kappa shape index (κ3) is 28.8. The number of rotatable bonds is 14. The molecule has 0 heterocycles. The first-order chi connectivity index (χ1) is 40.8. The molecule has 0 aromatic heterocycles. The summed E-state index contributed by atoms with van der Waals surface area (Å²) in [5, 5.41) is 113. The number of carbonyl (C=O) groups is 2. The summed E-state index contributed by atoms with van der Waals surface area (Å²) < 4.78 is 9.82. The number of anilines is 2. The molecule has 8 aromatic rings. The molecular formula is C64H64N6O14Yb2. The Morgan fingerprint density at radius 3 is 0.942 bits per heavy atom. The average Bonchev–Trinajstić information content (AvgIpc) is 3.57. The Labute approximate surface area is 577 Å². The van der Waals surface area contributed by atoms with Gasteiger partial charge in [-0.15, -0.1) is 0 Å². The van der Waals surface area contributed by atoms with Crippen LogP contribution in [0.25, 0.3) is 11.5 Å². The fraction of sp³-hybridized carbons (Fsp3) is 0.0938. The minimum atomic E-state index is -0.570. The minimum absolute atomic E-state index is 0. The van der Waals surface area contributed by atoms with Crippen LogP contribution in [0.1, 0.15) is 54.1 Å². The topological polar surface area (TPSA) is 373 Å². The van der Waals surface area contributed by atoms with Crippen molar-refractivity contribution in [3.63, 3.8) is 0 Å². The normalized spacial score (nSPS) is 10.4. The number of nitrogen functional groups attached to an aromatic ring is 2. The van der Waals surface area contributed by atoms with E-state index in [0.29, 0.717) is 33.6 Å². The molecule has 0 aliphatic heterocycles.